The maximum atomic E-state index is 10.9. The first kappa shape index (κ1) is 12.8. The van der Waals surface area contributed by atoms with Crippen molar-refractivity contribution in [2.45, 2.75) is 32.4 Å². The fourth-order valence-electron chi connectivity index (χ4n) is 2.24. The van der Waals surface area contributed by atoms with E-state index in [1.54, 1.807) is 12.4 Å². The zero-order valence-electron chi connectivity index (χ0n) is 10.6. The number of carbonyl (C=O) groups is 1. The van der Waals surface area contributed by atoms with Crippen LogP contribution in [0, 0.1) is 0 Å². The van der Waals surface area contributed by atoms with Gasteiger partial charge in [0.05, 0.1) is 11.9 Å². The molecule has 2 heterocycles. The van der Waals surface area contributed by atoms with Crippen LogP contribution in [-0.4, -0.2) is 35.0 Å². The second-order valence-corrected chi connectivity index (χ2v) is 4.66. The molecule has 18 heavy (non-hydrogen) atoms. The third kappa shape index (κ3) is 3.43. The van der Waals surface area contributed by atoms with Crippen molar-refractivity contribution in [1.82, 2.24) is 9.88 Å². The lowest BCUT2D eigenvalue weighted by atomic mass is 10.1. The lowest BCUT2D eigenvalue weighted by Gasteiger charge is -2.31. The lowest BCUT2D eigenvalue weighted by Crippen LogP contribution is -2.37. The summed E-state index contributed by atoms with van der Waals surface area (Å²) in [5.74, 6) is -0.188. The molecule has 2 rings (SSSR count). The van der Waals surface area contributed by atoms with Crippen LogP contribution >= 0.6 is 0 Å². The van der Waals surface area contributed by atoms with Gasteiger partial charge in [0, 0.05) is 32.8 Å². The highest BCUT2D eigenvalue weighted by Crippen LogP contribution is 2.18. The standard InChI is InChI=1S/C13H19N3O2/c1-10(17)18-12-3-6-16(7-4-12)9-11-2-5-15-8-13(11)14/h2,5,8,12H,3-4,6-7,9,14H2,1H3. The van der Waals surface area contributed by atoms with Gasteiger partial charge in [-0.2, -0.15) is 0 Å². The quantitative estimate of drug-likeness (QED) is 0.815. The van der Waals surface area contributed by atoms with E-state index in [0.29, 0.717) is 0 Å². The van der Waals surface area contributed by atoms with Gasteiger partial charge in [-0.3, -0.25) is 14.7 Å². The predicted octanol–water partition coefficient (Wildman–Crippen LogP) is 1.19. The van der Waals surface area contributed by atoms with E-state index in [-0.39, 0.29) is 12.1 Å². The molecule has 0 saturated carbocycles. The summed E-state index contributed by atoms with van der Waals surface area (Å²) in [6.45, 7) is 4.16. The summed E-state index contributed by atoms with van der Waals surface area (Å²) in [6.07, 6.45) is 5.31. The van der Waals surface area contributed by atoms with Crippen molar-refractivity contribution in [2.24, 2.45) is 0 Å². The van der Waals surface area contributed by atoms with Gasteiger partial charge >= 0.3 is 5.97 Å². The zero-order valence-corrected chi connectivity index (χ0v) is 10.6. The topological polar surface area (TPSA) is 68.5 Å². The van der Waals surface area contributed by atoms with Crippen molar-refractivity contribution < 1.29 is 9.53 Å². The molecule has 0 radical (unpaired) electrons. The van der Waals surface area contributed by atoms with Crippen molar-refractivity contribution >= 4 is 11.7 Å². The number of nitrogens with zero attached hydrogens (tertiary/aromatic N) is 2. The van der Waals surface area contributed by atoms with Crippen LogP contribution in [-0.2, 0) is 16.1 Å². The van der Waals surface area contributed by atoms with Gasteiger partial charge < -0.3 is 10.5 Å². The molecule has 0 unspecified atom stereocenters. The maximum Gasteiger partial charge on any atom is 0.302 e. The first-order chi connectivity index (χ1) is 8.65. The Morgan fingerprint density at radius 2 is 2.28 bits per heavy atom. The summed E-state index contributed by atoms with van der Waals surface area (Å²) < 4.78 is 5.21. The van der Waals surface area contributed by atoms with Crippen LogP contribution in [0.3, 0.4) is 0 Å². The largest absolute Gasteiger partial charge is 0.462 e. The summed E-state index contributed by atoms with van der Waals surface area (Å²) in [4.78, 5) is 17.2. The molecule has 0 atom stereocenters. The summed E-state index contributed by atoms with van der Waals surface area (Å²) >= 11 is 0. The fourth-order valence-corrected chi connectivity index (χ4v) is 2.24. The van der Waals surface area contributed by atoms with Gasteiger partial charge in [-0.15, -0.1) is 0 Å². The molecule has 1 fully saturated rings. The van der Waals surface area contributed by atoms with Gasteiger partial charge in [-0.05, 0) is 24.5 Å². The van der Waals surface area contributed by atoms with E-state index in [2.05, 4.69) is 9.88 Å². The zero-order chi connectivity index (χ0) is 13.0. The average Bonchev–Trinajstić information content (AvgIpc) is 2.34. The highest BCUT2D eigenvalue weighted by atomic mass is 16.5. The number of pyridine rings is 1. The third-order valence-electron chi connectivity index (χ3n) is 3.21. The molecular formula is C13H19N3O2. The Balaban J connectivity index is 1.84. The Hall–Kier alpha value is -1.62. The molecule has 2 N–H and O–H groups in total. The molecule has 1 aliphatic rings. The third-order valence-corrected chi connectivity index (χ3v) is 3.21. The highest BCUT2D eigenvalue weighted by Gasteiger charge is 2.21. The van der Waals surface area contributed by atoms with Crippen LogP contribution < -0.4 is 5.73 Å². The Bertz CT molecular complexity index is 414. The molecule has 1 aromatic rings. The molecule has 1 saturated heterocycles. The minimum Gasteiger partial charge on any atom is -0.462 e. The van der Waals surface area contributed by atoms with Crippen LogP contribution in [0.1, 0.15) is 25.3 Å². The van der Waals surface area contributed by atoms with Crippen molar-refractivity contribution in [3.05, 3.63) is 24.0 Å². The van der Waals surface area contributed by atoms with Crippen molar-refractivity contribution in [3.63, 3.8) is 0 Å². The minimum atomic E-state index is -0.188. The normalized spacial score (nSPS) is 17.6. The average molecular weight is 249 g/mol. The number of carbonyl (C=O) groups excluding carboxylic acids is 1. The number of ether oxygens (including phenoxy) is 1. The molecule has 0 aromatic carbocycles. The fraction of sp³-hybridized carbons (Fsp3) is 0.538. The molecule has 98 valence electrons. The maximum absolute atomic E-state index is 10.9. The molecular weight excluding hydrogens is 230 g/mol. The van der Waals surface area contributed by atoms with Gasteiger partial charge in [0.1, 0.15) is 6.10 Å². The van der Waals surface area contributed by atoms with E-state index in [4.69, 9.17) is 10.5 Å². The summed E-state index contributed by atoms with van der Waals surface area (Å²) in [7, 11) is 0. The molecule has 0 spiro atoms. The number of nitrogens with two attached hydrogens (primary N) is 1. The van der Waals surface area contributed by atoms with E-state index in [1.807, 2.05) is 6.07 Å². The molecule has 0 amide bonds. The van der Waals surface area contributed by atoms with Gasteiger partial charge in [0.2, 0.25) is 0 Å². The van der Waals surface area contributed by atoms with E-state index in [1.165, 1.54) is 6.92 Å². The number of rotatable bonds is 3. The van der Waals surface area contributed by atoms with E-state index in [9.17, 15) is 4.79 Å². The SMILES string of the molecule is CC(=O)OC1CCN(Cc2ccncc2N)CC1. The van der Waals surface area contributed by atoms with Crippen LogP contribution in [0.15, 0.2) is 18.5 Å². The lowest BCUT2D eigenvalue weighted by molar-refractivity contribution is -0.148. The Morgan fingerprint density at radius 1 is 1.56 bits per heavy atom. The van der Waals surface area contributed by atoms with E-state index in [0.717, 1.165) is 43.7 Å². The number of piperidine rings is 1. The van der Waals surface area contributed by atoms with Crippen molar-refractivity contribution in [1.29, 1.82) is 0 Å². The number of anilines is 1. The Morgan fingerprint density at radius 3 is 2.89 bits per heavy atom. The molecule has 0 bridgehead atoms. The second-order valence-electron chi connectivity index (χ2n) is 4.66. The van der Waals surface area contributed by atoms with Crippen molar-refractivity contribution in [2.75, 3.05) is 18.8 Å². The molecule has 1 aliphatic heterocycles. The highest BCUT2D eigenvalue weighted by molar-refractivity contribution is 5.66. The summed E-state index contributed by atoms with van der Waals surface area (Å²) in [5.41, 5.74) is 7.72. The van der Waals surface area contributed by atoms with Gasteiger partial charge in [-0.25, -0.2) is 0 Å². The number of hydrogen-bond acceptors (Lipinski definition) is 5. The minimum absolute atomic E-state index is 0.0773. The summed E-state index contributed by atoms with van der Waals surface area (Å²) in [6, 6.07) is 1.95. The first-order valence-corrected chi connectivity index (χ1v) is 6.23. The van der Waals surface area contributed by atoms with E-state index >= 15 is 0 Å². The van der Waals surface area contributed by atoms with Crippen LogP contribution in [0.25, 0.3) is 0 Å². The van der Waals surface area contributed by atoms with Crippen LogP contribution in [0.4, 0.5) is 5.69 Å². The predicted molar refractivity (Wildman–Crippen MR) is 68.7 cm³/mol. The van der Waals surface area contributed by atoms with Crippen molar-refractivity contribution in [3.8, 4) is 0 Å². The number of esters is 1. The molecule has 0 aliphatic carbocycles. The Kier molecular flexibility index (Phi) is 4.15. The molecule has 5 heteroatoms. The second kappa shape index (κ2) is 5.82. The molecule has 5 nitrogen and oxygen atoms in total. The molecule has 1 aromatic heterocycles. The number of likely N-dealkylation sites (tertiary alicyclic amines) is 1. The van der Waals surface area contributed by atoms with Crippen LogP contribution in [0.5, 0.6) is 0 Å². The van der Waals surface area contributed by atoms with Gasteiger partial charge in [-0.1, -0.05) is 0 Å². The van der Waals surface area contributed by atoms with Gasteiger partial charge in [0.15, 0.2) is 0 Å². The Labute approximate surface area is 107 Å². The first-order valence-electron chi connectivity index (χ1n) is 6.23. The summed E-state index contributed by atoms with van der Waals surface area (Å²) in [5, 5.41) is 0. The monoisotopic (exact) mass is 249 g/mol. The number of aromatic nitrogens is 1. The van der Waals surface area contributed by atoms with Gasteiger partial charge in [0.25, 0.3) is 0 Å². The number of hydrogen-bond donors (Lipinski definition) is 1. The van der Waals surface area contributed by atoms with Crippen LogP contribution in [0.2, 0.25) is 0 Å². The van der Waals surface area contributed by atoms with E-state index < -0.39 is 0 Å². The smallest absolute Gasteiger partial charge is 0.302 e. The number of nitrogen functional groups attached to an aromatic ring is 1.